The van der Waals surface area contributed by atoms with Crippen LogP contribution in [0.4, 0.5) is 5.69 Å². The fourth-order valence-corrected chi connectivity index (χ4v) is 2.64. The van der Waals surface area contributed by atoms with Crippen LogP contribution in [0.1, 0.15) is 0 Å². The highest BCUT2D eigenvalue weighted by Gasteiger charge is 2.11. The van der Waals surface area contributed by atoms with Crippen molar-refractivity contribution in [3.05, 3.63) is 45.9 Å². The first-order valence-electron chi connectivity index (χ1n) is 5.73. The Bertz CT molecular complexity index is 780. The number of hydrogen-bond acceptors (Lipinski definition) is 2. The van der Waals surface area contributed by atoms with Crippen molar-refractivity contribution in [1.82, 2.24) is 9.55 Å². The topological polar surface area (TPSA) is 43.8 Å². The Balaban J connectivity index is 2.24. The fraction of sp³-hybridized carbons (Fsp3) is 0.0714. The molecule has 0 aliphatic carbocycles. The van der Waals surface area contributed by atoms with Crippen LogP contribution in [0.25, 0.3) is 22.4 Å². The van der Waals surface area contributed by atoms with E-state index in [1.165, 1.54) is 0 Å². The summed E-state index contributed by atoms with van der Waals surface area (Å²) in [6.45, 7) is 0. The van der Waals surface area contributed by atoms with Gasteiger partial charge < -0.3 is 10.3 Å². The summed E-state index contributed by atoms with van der Waals surface area (Å²) in [4.78, 5) is 4.63. The lowest BCUT2D eigenvalue weighted by atomic mass is 10.2. The highest BCUT2D eigenvalue weighted by molar-refractivity contribution is 9.10. The highest BCUT2D eigenvalue weighted by Crippen LogP contribution is 2.29. The van der Waals surface area contributed by atoms with Crippen molar-refractivity contribution in [2.45, 2.75) is 0 Å². The molecule has 0 amide bonds. The van der Waals surface area contributed by atoms with Gasteiger partial charge in [0.1, 0.15) is 5.82 Å². The molecule has 0 aliphatic rings. The van der Waals surface area contributed by atoms with Crippen molar-refractivity contribution in [3.63, 3.8) is 0 Å². The molecule has 0 unspecified atom stereocenters. The lowest BCUT2D eigenvalue weighted by molar-refractivity contribution is 0.959. The predicted molar refractivity (Wildman–Crippen MR) is 83.3 cm³/mol. The Morgan fingerprint density at radius 3 is 2.74 bits per heavy atom. The van der Waals surface area contributed by atoms with Gasteiger partial charge in [-0.1, -0.05) is 11.6 Å². The third-order valence-electron chi connectivity index (χ3n) is 3.10. The van der Waals surface area contributed by atoms with Gasteiger partial charge in [0, 0.05) is 27.8 Å². The van der Waals surface area contributed by atoms with E-state index in [9.17, 15) is 0 Å². The summed E-state index contributed by atoms with van der Waals surface area (Å²) in [6, 6.07) is 11.5. The second kappa shape index (κ2) is 4.54. The molecule has 1 heterocycles. The summed E-state index contributed by atoms with van der Waals surface area (Å²) in [7, 11) is 1.99. The standard InChI is InChI=1S/C14H11BrClN3/c1-19-13-5-3-9(16)7-12(13)18-14(19)8-2-4-11(17)10(15)6-8/h2-7H,17H2,1H3. The van der Waals surface area contributed by atoms with Crippen molar-refractivity contribution < 1.29 is 0 Å². The lowest BCUT2D eigenvalue weighted by Crippen LogP contribution is -1.93. The van der Waals surface area contributed by atoms with Gasteiger partial charge >= 0.3 is 0 Å². The number of nitrogens with two attached hydrogens (primary N) is 1. The molecule has 2 N–H and O–H groups in total. The summed E-state index contributed by atoms with van der Waals surface area (Å²) in [5.74, 6) is 0.887. The maximum absolute atomic E-state index is 6.00. The highest BCUT2D eigenvalue weighted by atomic mass is 79.9. The molecule has 0 spiro atoms. The maximum Gasteiger partial charge on any atom is 0.140 e. The van der Waals surface area contributed by atoms with Crippen LogP contribution >= 0.6 is 27.5 Å². The number of rotatable bonds is 1. The summed E-state index contributed by atoms with van der Waals surface area (Å²) in [5, 5.41) is 0.690. The molecule has 3 nitrogen and oxygen atoms in total. The molecule has 0 atom stereocenters. The molecule has 0 aliphatic heterocycles. The van der Waals surface area contributed by atoms with Crippen molar-refractivity contribution in [2.24, 2.45) is 7.05 Å². The first kappa shape index (κ1) is 12.5. The normalized spacial score (nSPS) is 11.1. The molecule has 0 bridgehead atoms. The third kappa shape index (κ3) is 2.11. The third-order valence-corrected chi connectivity index (χ3v) is 4.02. The van der Waals surface area contributed by atoms with E-state index in [2.05, 4.69) is 20.9 Å². The smallest absolute Gasteiger partial charge is 0.140 e. The van der Waals surface area contributed by atoms with Gasteiger partial charge in [-0.15, -0.1) is 0 Å². The summed E-state index contributed by atoms with van der Waals surface area (Å²) >= 11 is 9.44. The number of nitrogens with zero attached hydrogens (tertiary/aromatic N) is 2. The number of aryl methyl sites for hydroxylation is 1. The van der Waals surface area contributed by atoms with Crippen LogP contribution in [-0.4, -0.2) is 9.55 Å². The molecular formula is C14H11BrClN3. The van der Waals surface area contributed by atoms with Gasteiger partial charge in [-0.25, -0.2) is 4.98 Å². The van der Waals surface area contributed by atoms with Gasteiger partial charge in [0.2, 0.25) is 0 Å². The second-order valence-electron chi connectivity index (χ2n) is 4.36. The Labute approximate surface area is 124 Å². The maximum atomic E-state index is 6.00. The summed E-state index contributed by atoms with van der Waals surface area (Å²) in [6.07, 6.45) is 0. The number of benzene rings is 2. The van der Waals surface area contributed by atoms with E-state index in [-0.39, 0.29) is 0 Å². The first-order chi connectivity index (χ1) is 9.06. The molecular weight excluding hydrogens is 326 g/mol. The van der Waals surface area contributed by atoms with Crippen molar-refractivity contribution >= 4 is 44.3 Å². The average Bonchev–Trinajstić information content (AvgIpc) is 2.70. The number of hydrogen-bond donors (Lipinski definition) is 1. The number of imidazole rings is 1. The molecule has 2 aromatic carbocycles. The SMILES string of the molecule is Cn1c(-c2ccc(N)c(Br)c2)nc2cc(Cl)ccc21. The largest absolute Gasteiger partial charge is 0.398 e. The van der Waals surface area contributed by atoms with E-state index in [1.54, 1.807) is 0 Å². The average molecular weight is 337 g/mol. The van der Waals surface area contributed by atoms with Crippen LogP contribution in [-0.2, 0) is 7.05 Å². The Kier molecular flexibility index (Phi) is 2.99. The minimum absolute atomic E-state index is 0.690. The molecule has 5 heteroatoms. The van der Waals surface area contributed by atoms with Gasteiger partial charge in [0.25, 0.3) is 0 Å². The predicted octanol–water partition coefficient (Wildman–Crippen LogP) is 4.24. The lowest BCUT2D eigenvalue weighted by Gasteiger charge is -2.04. The molecule has 0 saturated carbocycles. The molecule has 19 heavy (non-hydrogen) atoms. The zero-order valence-electron chi connectivity index (χ0n) is 10.2. The number of anilines is 1. The van der Waals surface area contributed by atoms with Gasteiger partial charge in [-0.05, 0) is 52.3 Å². The number of halogens is 2. The van der Waals surface area contributed by atoms with Gasteiger partial charge in [0.15, 0.2) is 0 Å². The molecule has 0 radical (unpaired) electrons. The van der Waals surface area contributed by atoms with E-state index >= 15 is 0 Å². The van der Waals surface area contributed by atoms with E-state index in [1.807, 2.05) is 48.0 Å². The monoisotopic (exact) mass is 335 g/mol. The first-order valence-corrected chi connectivity index (χ1v) is 6.91. The van der Waals surface area contributed by atoms with E-state index in [4.69, 9.17) is 17.3 Å². The van der Waals surface area contributed by atoms with E-state index < -0.39 is 0 Å². The van der Waals surface area contributed by atoms with Gasteiger partial charge in [-0.3, -0.25) is 0 Å². The molecule has 3 rings (SSSR count). The molecule has 96 valence electrons. The van der Waals surface area contributed by atoms with Gasteiger partial charge in [-0.2, -0.15) is 0 Å². The molecule has 1 aromatic heterocycles. The molecule has 0 fully saturated rings. The molecule has 3 aromatic rings. The minimum Gasteiger partial charge on any atom is -0.398 e. The Morgan fingerprint density at radius 1 is 1.21 bits per heavy atom. The second-order valence-corrected chi connectivity index (χ2v) is 5.65. The van der Waals surface area contributed by atoms with Crippen molar-refractivity contribution in [3.8, 4) is 11.4 Å². The van der Waals surface area contributed by atoms with Crippen LogP contribution in [0.5, 0.6) is 0 Å². The number of aromatic nitrogens is 2. The minimum atomic E-state index is 0.690. The number of fused-ring (bicyclic) bond motifs is 1. The Hall–Kier alpha value is -1.52. The fourth-order valence-electron chi connectivity index (χ4n) is 2.10. The van der Waals surface area contributed by atoms with Crippen LogP contribution in [0.2, 0.25) is 5.02 Å². The zero-order valence-corrected chi connectivity index (χ0v) is 12.5. The van der Waals surface area contributed by atoms with Crippen LogP contribution in [0.15, 0.2) is 40.9 Å². The van der Waals surface area contributed by atoms with Crippen molar-refractivity contribution in [1.29, 1.82) is 0 Å². The molecule has 0 saturated heterocycles. The summed E-state index contributed by atoms with van der Waals surface area (Å²) in [5.41, 5.74) is 9.47. The summed E-state index contributed by atoms with van der Waals surface area (Å²) < 4.78 is 2.92. The Morgan fingerprint density at radius 2 is 2.00 bits per heavy atom. The van der Waals surface area contributed by atoms with E-state index in [0.29, 0.717) is 10.7 Å². The van der Waals surface area contributed by atoms with Gasteiger partial charge in [0.05, 0.1) is 11.0 Å². The van der Waals surface area contributed by atoms with E-state index in [0.717, 1.165) is 26.9 Å². The van der Waals surface area contributed by atoms with Crippen LogP contribution < -0.4 is 5.73 Å². The zero-order chi connectivity index (χ0) is 13.6. The van der Waals surface area contributed by atoms with Crippen LogP contribution in [0, 0.1) is 0 Å². The quantitative estimate of drug-likeness (QED) is 0.676. The van der Waals surface area contributed by atoms with Crippen molar-refractivity contribution in [2.75, 3.05) is 5.73 Å². The number of nitrogen functional groups attached to an aromatic ring is 1. The van der Waals surface area contributed by atoms with Crippen LogP contribution in [0.3, 0.4) is 0 Å².